The third-order valence-electron chi connectivity index (χ3n) is 3.06. The fourth-order valence-corrected chi connectivity index (χ4v) is 4.02. The fraction of sp³-hybridized carbons (Fsp3) is 0.200. The highest BCUT2D eigenvalue weighted by molar-refractivity contribution is 7.89. The van der Waals surface area contributed by atoms with Gasteiger partial charge in [-0.05, 0) is 37.4 Å². The summed E-state index contributed by atoms with van der Waals surface area (Å²) >= 11 is 1.54. The van der Waals surface area contributed by atoms with Crippen molar-refractivity contribution in [1.82, 2.24) is 4.72 Å². The Bertz CT molecular complexity index is 674. The SMILES string of the molecule is C/C=C(\C)C(NS(=O)(=O)c1ccccc1)c1cccs1. The van der Waals surface area contributed by atoms with Crippen molar-refractivity contribution in [1.29, 1.82) is 0 Å². The molecule has 0 bridgehead atoms. The third-order valence-corrected chi connectivity index (χ3v) is 5.44. The molecule has 2 aromatic rings. The molecule has 1 atom stereocenters. The summed E-state index contributed by atoms with van der Waals surface area (Å²) in [6.07, 6.45) is 1.93. The van der Waals surface area contributed by atoms with E-state index in [4.69, 9.17) is 0 Å². The van der Waals surface area contributed by atoms with E-state index in [1.165, 1.54) is 0 Å². The van der Waals surface area contributed by atoms with E-state index in [1.807, 2.05) is 37.4 Å². The number of allylic oxidation sites excluding steroid dienone is 1. The van der Waals surface area contributed by atoms with Gasteiger partial charge in [0.05, 0.1) is 10.9 Å². The number of thiophene rings is 1. The largest absolute Gasteiger partial charge is 0.241 e. The monoisotopic (exact) mass is 307 g/mol. The average Bonchev–Trinajstić information content (AvgIpc) is 2.99. The standard InChI is InChI=1S/C15H17NO2S2/c1-3-12(2)15(14-10-7-11-19-14)16-20(17,18)13-8-5-4-6-9-13/h3-11,15-16H,1-2H3/b12-3+. The lowest BCUT2D eigenvalue weighted by Crippen LogP contribution is -2.28. The van der Waals surface area contributed by atoms with Crippen molar-refractivity contribution in [3.8, 4) is 0 Å². The van der Waals surface area contributed by atoms with Gasteiger partial charge < -0.3 is 0 Å². The minimum atomic E-state index is -3.52. The third kappa shape index (κ3) is 3.36. The van der Waals surface area contributed by atoms with Gasteiger partial charge in [0.25, 0.3) is 0 Å². The first kappa shape index (κ1) is 15.0. The molecule has 1 N–H and O–H groups in total. The molecule has 0 aliphatic rings. The zero-order valence-electron chi connectivity index (χ0n) is 11.4. The normalized spacial score (nSPS) is 14.2. The van der Waals surface area contributed by atoms with Crippen LogP contribution in [0, 0.1) is 0 Å². The fourth-order valence-electron chi connectivity index (χ4n) is 1.82. The van der Waals surface area contributed by atoms with Crippen LogP contribution in [0.15, 0.2) is 64.4 Å². The second-order valence-electron chi connectivity index (χ2n) is 4.42. The highest BCUT2D eigenvalue weighted by Gasteiger charge is 2.22. The summed E-state index contributed by atoms with van der Waals surface area (Å²) in [4.78, 5) is 1.27. The van der Waals surface area contributed by atoms with Gasteiger partial charge in [-0.3, -0.25) is 0 Å². The number of hydrogen-bond donors (Lipinski definition) is 1. The molecule has 1 unspecified atom stereocenters. The summed E-state index contributed by atoms with van der Waals surface area (Å²) in [5.41, 5.74) is 0.979. The van der Waals surface area contributed by atoms with Gasteiger partial charge in [-0.2, -0.15) is 4.72 Å². The highest BCUT2D eigenvalue weighted by Crippen LogP contribution is 2.27. The van der Waals surface area contributed by atoms with Crippen molar-refractivity contribution in [2.24, 2.45) is 0 Å². The van der Waals surface area contributed by atoms with Crippen molar-refractivity contribution >= 4 is 21.4 Å². The molecule has 0 amide bonds. The predicted molar refractivity (Wildman–Crippen MR) is 83.3 cm³/mol. The summed E-state index contributed by atoms with van der Waals surface area (Å²) in [5, 5.41) is 1.95. The van der Waals surface area contributed by atoms with Gasteiger partial charge in [-0.15, -0.1) is 11.3 Å². The first-order chi connectivity index (χ1) is 9.54. The number of sulfonamides is 1. The van der Waals surface area contributed by atoms with E-state index in [0.717, 1.165) is 10.5 Å². The Hall–Kier alpha value is -1.43. The van der Waals surface area contributed by atoms with Crippen LogP contribution in [0.5, 0.6) is 0 Å². The molecule has 0 aliphatic carbocycles. The summed E-state index contributed by atoms with van der Waals surface area (Å²) in [6.45, 7) is 3.84. The highest BCUT2D eigenvalue weighted by atomic mass is 32.2. The summed E-state index contributed by atoms with van der Waals surface area (Å²) < 4.78 is 27.6. The molecule has 0 radical (unpaired) electrons. The van der Waals surface area contributed by atoms with Gasteiger partial charge in [0.15, 0.2) is 0 Å². The van der Waals surface area contributed by atoms with Crippen LogP contribution in [0.25, 0.3) is 0 Å². The summed E-state index contributed by atoms with van der Waals surface area (Å²) in [7, 11) is -3.52. The molecule has 3 nitrogen and oxygen atoms in total. The molecule has 0 spiro atoms. The van der Waals surface area contributed by atoms with E-state index in [-0.39, 0.29) is 10.9 Å². The molecule has 5 heteroatoms. The van der Waals surface area contributed by atoms with Gasteiger partial charge in [0.1, 0.15) is 0 Å². The molecule has 20 heavy (non-hydrogen) atoms. The maximum absolute atomic E-state index is 12.4. The predicted octanol–water partition coefficient (Wildman–Crippen LogP) is 3.73. The van der Waals surface area contributed by atoms with Crippen molar-refractivity contribution in [3.05, 3.63) is 64.4 Å². The summed E-state index contributed by atoms with van der Waals surface area (Å²) in [5.74, 6) is 0. The lowest BCUT2D eigenvalue weighted by Gasteiger charge is -2.18. The van der Waals surface area contributed by atoms with Crippen molar-refractivity contribution in [2.45, 2.75) is 24.8 Å². The van der Waals surface area contributed by atoms with Crippen LogP contribution in [0.2, 0.25) is 0 Å². The minimum absolute atomic E-state index is 0.283. The zero-order chi connectivity index (χ0) is 14.6. The first-order valence-corrected chi connectivity index (χ1v) is 8.64. The quantitative estimate of drug-likeness (QED) is 0.855. The van der Waals surface area contributed by atoms with Crippen LogP contribution in [-0.2, 0) is 10.0 Å². The Kier molecular flexibility index (Phi) is 4.75. The molecule has 0 saturated carbocycles. The Labute approximate surface area is 124 Å². The molecular weight excluding hydrogens is 290 g/mol. The van der Waals surface area contributed by atoms with E-state index < -0.39 is 10.0 Å². The van der Waals surface area contributed by atoms with Crippen LogP contribution in [0.4, 0.5) is 0 Å². The van der Waals surface area contributed by atoms with E-state index in [1.54, 1.807) is 41.7 Å². The van der Waals surface area contributed by atoms with Crippen LogP contribution in [0.1, 0.15) is 24.8 Å². The molecule has 1 heterocycles. The van der Waals surface area contributed by atoms with Crippen LogP contribution >= 0.6 is 11.3 Å². The second-order valence-corrected chi connectivity index (χ2v) is 7.11. The molecule has 106 valence electrons. The maximum atomic E-state index is 12.4. The first-order valence-electron chi connectivity index (χ1n) is 6.28. The number of hydrogen-bond acceptors (Lipinski definition) is 3. The number of rotatable bonds is 5. The molecular formula is C15H17NO2S2. The summed E-state index contributed by atoms with van der Waals surface area (Å²) in [6, 6.07) is 12.0. The topological polar surface area (TPSA) is 46.2 Å². The van der Waals surface area contributed by atoms with Gasteiger partial charge in [0, 0.05) is 4.88 Å². The minimum Gasteiger partial charge on any atom is -0.207 e. The van der Waals surface area contributed by atoms with Gasteiger partial charge in [-0.25, -0.2) is 8.42 Å². The molecule has 1 aromatic carbocycles. The van der Waals surface area contributed by atoms with E-state index in [0.29, 0.717) is 0 Å². The Morgan fingerprint density at radius 3 is 2.45 bits per heavy atom. The van der Waals surface area contributed by atoms with E-state index in [2.05, 4.69) is 4.72 Å². The molecule has 0 fully saturated rings. The Balaban J connectivity index is 2.34. The van der Waals surface area contributed by atoms with E-state index in [9.17, 15) is 8.42 Å². The molecule has 1 aromatic heterocycles. The Morgan fingerprint density at radius 1 is 1.20 bits per heavy atom. The smallest absolute Gasteiger partial charge is 0.207 e. The Morgan fingerprint density at radius 2 is 1.90 bits per heavy atom. The second kappa shape index (κ2) is 6.35. The lowest BCUT2D eigenvalue weighted by molar-refractivity contribution is 0.572. The van der Waals surface area contributed by atoms with Crippen molar-refractivity contribution in [2.75, 3.05) is 0 Å². The van der Waals surface area contributed by atoms with Crippen LogP contribution < -0.4 is 4.72 Å². The maximum Gasteiger partial charge on any atom is 0.241 e. The number of benzene rings is 1. The van der Waals surface area contributed by atoms with Gasteiger partial charge >= 0.3 is 0 Å². The van der Waals surface area contributed by atoms with E-state index >= 15 is 0 Å². The van der Waals surface area contributed by atoms with Gasteiger partial charge in [-0.1, -0.05) is 35.9 Å². The molecule has 2 rings (SSSR count). The van der Waals surface area contributed by atoms with Crippen LogP contribution in [0.3, 0.4) is 0 Å². The average molecular weight is 307 g/mol. The van der Waals surface area contributed by atoms with Crippen molar-refractivity contribution in [3.63, 3.8) is 0 Å². The molecule has 0 aliphatic heterocycles. The lowest BCUT2D eigenvalue weighted by atomic mass is 10.1. The van der Waals surface area contributed by atoms with Crippen LogP contribution in [-0.4, -0.2) is 8.42 Å². The molecule has 0 saturated heterocycles. The zero-order valence-corrected chi connectivity index (χ0v) is 13.0. The van der Waals surface area contributed by atoms with Gasteiger partial charge in [0.2, 0.25) is 10.0 Å². The van der Waals surface area contributed by atoms with Crippen molar-refractivity contribution < 1.29 is 8.42 Å². The number of nitrogens with one attached hydrogen (secondary N) is 1.